The normalized spacial score (nSPS) is 18.0. The van der Waals surface area contributed by atoms with Crippen LogP contribution in [0.4, 0.5) is 17.1 Å². The van der Waals surface area contributed by atoms with Crippen LogP contribution in [-0.4, -0.2) is 23.4 Å². The molecule has 0 aromatic heterocycles. The van der Waals surface area contributed by atoms with Gasteiger partial charge in [-0.25, -0.2) is 18.6 Å². The third kappa shape index (κ3) is 6.26. The molecule has 0 bridgehead atoms. The van der Waals surface area contributed by atoms with Gasteiger partial charge in [-0.1, -0.05) is 64.5 Å². The van der Waals surface area contributed by atoms with Crippen molar-refractivity contribution in [3.63, 3.8) is 0 Å². The molecule has 3 aromatic rings. The van der Waals surface area contributed by atoms with Crippen molar-refractivity contribution in [3.8, 4) is 0 Å². The van der Waals surface area contributed by atoms with Gasteiger partial charge in [0, 0.05) is 53.2 Å². The lowest BCUT2D eigenvalue weighted by Crippen LogP contribution is -2.68. The van der Waals surface area contributed by atoms with Crippen LogP contribution in [0.3, 0.4) is 0 Å². The van der Waals surface area contributed by atoms with E-state index in [0.29, 0.717) is 0 Å². The van der Waals surface area contributed by atoms with Crippen molar-refractivity contribution in [3.05, 3.63) is 89.6 Å². The summed E-state index contributed by atoms with van der Waals surface area (Å²) in [5.74, 6) is 0. The van der Waals surface area contributed by atoms with Crippen LogP contribution in [0.5, 0.6) is 0 Å². The van der Waals surface area contributed by atoms with E-state index >= 15 is 0 Å². The molecule has 0 fully saturated rings. The summed E-state index contributed by atoms with van der Waals surface area (Å²) in [7, 11) is -4.94. The van der Waals surface area contributed by atoms with Crippen LogP contribution in [0.1, 0.15) is 71.9 Å². The fourth-order valence-electron chi connectivity index (χ4n) is 6.48. The van der Waals surface area contributed by atoms with Crippen LogP contribution < -0.4 is 29.3 Å². The third-order valence-electron chi connectivity index (χ3n) is 8.36. The standard InChI is InChI=1S/C34H42N3.ClHO4/c1-7-9-22-37-29-19-17-24-13-10-11-14-26(24)32(29)34(5,6)31(37)16-12-15-30-33(3,4)27-23-25(35)18-20-28(27)36(30)21-8-2;2-1(3,4)5/h10-20,23H,7-9,21-22,35H2,1-6H3;(H,2,3,4,5)/q+1;/p-1. The number of fused-ring (bicyclic) bond motifs is 4. The number of nitrogens with zero attached hydrogens (tertiary/aromatic N) is 2. The van der Waals surface area contributed by atoms with Crippen LogP contribution in [0.25, 0.3) is 10.8 Å². The summed E-state index contributed by atoms with van der Waals surface area (Å²) < 4.78 is 36.5. The van der Waals surface area contributed by atoms with Gasteiger partial charge in [0.05, 0.1) is 5.41 Å². The molecule has 0 saturated heterocycles. The Balaban J connectivity index is 0.000000748. The second-order valence-corrected chi connectivity index (χ2v) is 12.8. The first-order chi connectivity index (χ1) is 19.7. The lowest BCUT2D eigenvalue weighted by atomic mass is 9.79. The Kier molecular flexibility index (Phi) is 9.21. The van der Waals surface area contributed by atoms with Crippen molar-refractivity contribution in [2.45, 2.75) is 71.6 Å². The van der Waals surface area contributed by atoms with E-state index in [2.05, 4.69) is 118 Å². The van der Waals surface area contributed by atoms with E-state index in [-0.39, 0.29) is 10.8 Å². The molecule has 42 heavy (non-hydrogen) atoms. The summed E-state index contributed by atoms with van der Waals surface area (Å²) in [5, 5.41) is 2.68. The molecule has 0 amide bonds. The van der Waals surface area contributed by atoms with Crippen LogP contribution in [0.15, 0.2) is 78.5 Å². The predicted octanol–water partition coefficient (Wildman–Crippen LogP) is 3.49. The quantitative estimate of drug-likeness (QED) is 0.331. The average Bonchev–Trinajstić information content (AvgIpc) is 3.25. The summed E-state index contributed by atoms with van der Waals surface area (Å²) in [6, 6.07) is 19.8. The molecule has 3 aromatic carbocycles. The Hall–Kier alpha value is -3.20. The zero-order valence-corrected chi connectivity index (χ0v) is 26.2. The van der Waals surface area contributed by atoms with Gasteiger partial charge >= 0.3 is 0 Å². The van der Waals surface area contributed by atoms with Crippen molar-refractivity contribution in [1.29, 1.82) is 0 Å². The summed E-state index contributed by atoms with van der Waals surface area (Å²) in [4.78, 5) is 2.49. The van der Waals surface area contributed by atoms with E-state index in [1.807, 2.05) is 6.07 Å². The van der Waals surface area contributed by atoms with Gasteiger partial charge in [0.25, 0.3) is 0 Å². The number of nitrogen functional groups attached to an aromatic ring is 1. The molecule has 0 radical (unpaired) electrons. The molecule has 2 N–H and O–H groups in total. The molecular formula is C34H42ClN3O4. The number of nitrogens with two attached hydrogens (primary N) is 1. The second kappa shape index (κ2) is 12.2. The number of anilines is 2. The van der Waals surface area contributed by atoms with E-state index in [1.165, 1.54) is 57.5 Å². The molecule has 7 nitrogen and oxygen atoms in total. The Bertz CT molecular complexity index is 1540. The minimum absolute atomic E-state index is 0.0787. The fourth-order valence-corrected chi connectivity index (χ4v) is 6.48. The van der Waals surface area contributed by atoms with Crippen molar-refractivity contribution in [1.82, 2.24) is 0 Å². The molecular weight excluding hydrogens is 550 g/mol. The minimum Gasteiger partial charge on any atom is -0.399 e. The molecule has 0 spiro atoms. The van der Waals surface area contributed by atoms with Gasteiger partial charge in [-0.2, -0.15) is 4.58 Å². The van der Waals surface area contributed by atoms with Crippen molar-refractivity contribution in [2.24, 2.45) is 0 Å². The van der Waals surface area contributed by atoms with E-state index < -0.39 is 10.2 Å². The van der Waals surface area contributed by atoms with E-state index in [0.717, 1.165) is 25.2 Å². The van der Waals surface area contributed by atoms with Crippen LogP contribution in [0, 0.1) is 10.2 Å². The number of hydrogen-bond donors (Lipinski definition) is 1. The van der Waals surface area contributed by atoms with Crippen molar-refractivity contribution < 1.29 is 33.5 Å². The van der Waals surface area contributed by atoms with E-state index in [1.54, 1.807) is 0 Å². The lowest BCUT2D eigenvalue weighted by Gasteiger charge is -2.26. The van der Waals surface area contributed by atoms with Gasteiger partial charge in [0.2, 0.25) is 5.69 Å². The summed E-state index contributed by atoms with van der Waals surface area (Å²) in [5.41, 5.74) is 15.0. The molecule has 2 aliphatic heterocycles. The van der Waals surface area contributed by atoms with Gasteiger partial charge < -0.3 is 10.6 Å². The second-order valence-electron chi connectivity index (χ2n) is 12.0. The first-order valence-corrected chi connectivity index (χ1v) is 15.8. The number of hydrogen-bond acceptors (Lipinski definition) is 6. The molecule has 0 aliphatic carbocycles. The Morgan fingerprint density at radius 1 is 0.905 bits per heavy atom. The maximum absolute atomic E-state index is 8.49. The van der Waals surface area contributed by atoms with Crippen molar-refractivity contribution in [2.75, 3.05) is 23.7 Å². The topological polar surface area (TPSA) is 125 Å². The van der Waals surface area contributed by atoms with Gasteiger partial charge in [0.1, 0.15) is 6.54 Å². The monoisotopic (exact) mass is 591 g/mol. The summed E-state index contributed by atoms with van der Waals surface area (Å²) in [6.07, 6.45) is 10.5. The van der Waals surface area contributed by atoms with Crippen molar-refractivity contribution >= 4 is 33.5 Å². The largest absolute Gasteiger partial charge is 0.399 e. The number of allylic oxidation sites excluding steroid dienone is 4. The molecule has 2 aliphatic rings. The Morgan fingerprint density at radius 2 is 1.60 bits per heavy atom. The highest BCUT2D eigenvalue weighted by Crippen LogP contribution is 2.49. The average molecular weight is 592 g/mol. The number of rotatable bonds is 7. The van der Waals surface area contributed by atoms with Gasteiger partial charge in [-0.3, -0.25) is 0 Å². The molecule has 5 rings (SSSR count). The molecule has 8 heteroatoms. The number of unbranched alkanes of at least 4 members (excludes halogenated alkanes) is 1. The minimum atomic E-state index is -4.94. The highest BCUT2D eigenvalue weighted by molar-refractivity contribution is 6.07. The van der Waals surface area contributed by atoms with Gasteiger partial charge in [-0.15, -0.1) is 10.2 Å². The Labute approximate surface area is 251 Å². The highest BCUT2D eigenvalue weighted by atomic mass is 35.7. The molecule has 0 atom stereocenters. The maximum atomic E-state index is 8.49. The lowest BCUT2D eigenvalue weighted by molar-refractivity contribution is -2.00. The molecule has 0 saturated carbocycles. The predicted molar refractivity (Wildman–Crippen MR) is 160 cm³/mol. The van der Waals surface area contributed by atoms with Crippen LogP contribution in [-0.2, 0) is 10.8 Å². The molecule has 224 valence electrons. The fraction of sp³-hybridized carbons (Fsp3) is 0.382. The maximum Gasteiger partial charge on any atom is 0.210 e. The van der Waals surface area contributed by atoms with Crippen LogP contribution in [0.2, 0.25) is 0 Å². The summed E-state index contributed by atoms with van der Waals surface area (Å²) in [6.45, 7) is 16.0. The van der Waals surface area contributed by atoms with E-state index in [4.69, 9.17) is 24.4 Å². The molecule has 0 unspecified atom stereocenters. The number of benzene rings is 3. The Morgan fingerprint density at radius 3 is 2.26 bits per heavy atom. The zero-order chi connectivity index (χ0) is 30.9. The smallest absolute Gasteiger partial charge is 0.210 e. The molecule has 2 heterocycles. The number of halogens is 1. The zero-order valence-electron chi connectivity index (χ0n) is 25.4. The SMILES string of the molecule is CCCC[N+]1=C(C=CC=C2N(CCC)c3ccc(N)cc3C2(C)C)C(C)(C)c2c1ccc1ccccc21.[O-][Cl+3]([O-])([O-])[O-]. The first kappa shape index (κ1) is 31.7. The third-order valence-corrected chi connectivity index (χ3v) is 8.36. The van der Waals surface area contributed by atoms with Gasteiger partial charge in [-0.05, 0) is 66.9 Å². The summed E-state index contributed by atoms with van der Waals surface area (Å²) >= 11 is 0. The first-order valence-electron chi connectivity index (χ1n) is 14.6. The van der Waals surface area contributed by atoms with E-state index in [9.17, 15) is 0 Å². The van der Waals surface area contributed by atoms with Gasteiger partial charge in [0.15, 0.2) is 5.71 Å². The van der Waals surface area contributed by atoms with Crippen LogP contribution >= 0.6 is 0 Å². The highest BCUT2D eigenvalue weighted by Gasteiger charge is 2.45.